The standard InChI is InChI=1S/C20H29N3O2.HI/c1-21-20(22-12-6-14-25-16-15-24-2)23-13-11-18-9-5-8-17-7-3-4-10-19(17)18;/h3-5,7-10H,6,11-16H2,1-2H3,(H2,21,22,23);1H. The first kappa shape index (κ1) is 22.7. The molecule has 0 fully saturated rings. The Morgan fingerprint density at radius 2 is 1.73 bits per heavy atom. The van der Waals surface area contributed by atoms with Crippen molar-refractivity contribution in [1.82, 2.24) is 10.6 Å². The lowest BCUT2D eigenvalue weighted by atomic mass is 10.0. The van der Waals surface area contributed by atoms with E-state index in [0.29, 0.717) is 13.2 Å². The molecular weight excluding hydrogens is 441 g/mol. The molecule has 2 rings (SSSR count). The Balaban J connectivity index is 0.00000338. The van der Waals surface area contributed by atoms with E-state index in [1.807, 2.05) is 0 Å². The molecule has 2 aromatic rings. The highest BCUT2D eigenvalue weighted by Crippen LogP contribution is 2.18. The molecule has 144 valence electrons. The van der Waals surface area contributed by atoms with Crippen molar-refractivity contribution in [3.8, 4) is 0 Å². The molecule has 6 heteroatoms. The van der Waals surface area contributed by atoms with Gasteiger partial charge in [0.25, 0.3) is 0 Å². The van der Waals surface area contributed by atoms with Gasteiger partial charge in [0.1, 0.15) is 0 Å². The molecule has 0 heterocycles. The predicted octanol–water partition coefficient (Wildman–Crippen LogP) is 3.22. The van der Waals surface area contributed by atoms with E-state index in [9.17, 15) is 0 Å². The van der Waals surface area contributed by atoms with Crippen LogP contribution in [0.2, 0.25) is 0 Å². The third-order valence-electron chi connectivity index (χ3n) is 3.98. The number of benzene rings is 2. The van der Waals surface area contributed by atoms with Crippen LogP contribution in [-0.2, 0) is 15.9 Å². The third-order valence-corrected chi connectivity index (χ3v) is 3.98. The molecule has 0 spiro atoms. The van der Waals surface area contributed by atoms with Gasteiger partial charge in [-0.05, 0) is 29.2 Å². The van der Waals surface area contributed by atoms with Crippen molar-refractivity contribution < 1.29 is 9.47 Å². The monoisotopic (exact) mass is 471 g/mol. The molecule has 0 radical (unpaired) electrons. The van der Waals surface area contributed by atoms with E-state index >= 15 is 0 Å². The van der Waals surface area contributed by atoms with Crippen molar-refractivity contribution >= 4 is 40.7 Å². The fourth-order valence-corrected chi connectivity index (χ4v) is 2.67. The van der Waals surface area contributed by atoms with Gasteiger partial charge in [-0.3, -0.25) is 4.99 Å². The van der Waals surface area contributed by atoms with Gasteiger partial charge in [-0.2, -0.15) is 0 Å². The summed E-state index contributed by atoms with van der Waals surface area (Å²) in [5.41, 5.74) is 1.35. The highest BCUT2D eigenvalue weighted by molar-refractivity contribution is 14.0. The van der Waals surface area contributed by atoms with E-state index in [2.05, 4.69) is 58.1 Å². The number of hydrogen-bond acceptors (Lipinski definition) is 3. The summed E-state index contributed by atoms with van der Waals surface area (Å²) in [6.45, 7) is 3.70. The maximum Gasteiger partial charge on any atom is 0.190 e. The molecule has 2 aromatic carbocycles. The van der Waals surface area contributed by atoms with Gasteiger partial charge in [0, 0.05) is 33.9 Å². The summed E-state index contributed by atoms with van der Waals surface area (Å²) < 4.78 is 10.4. The van der Waals surface area contributed by atoms with E-state index < -0.39 is 0 Å². The zero-order chi connectivity index (χ0) is 17.7. The van der Waals surface area contributed by atoms with Gasteiger partial charge in [-0.1, -0.05) is 42.5 Å². The lowest BCUT2D eigenvalue weighted by Gasteiger charge is -2.13. The lowest BCUT2D eigenvalue weighted by Crippen LogP contribution is -2.39. The van der Waals surface area contributed by atoms with E-state index in [0.717, 1.165) is 38.5 Å². The first-order valence-corrected chi connectivity index (χ1v) is 8.83. The molecule has 0 amide bonds. The molecule has 26 heavy (non-hydrogen) atoms. The molecule has 2 N–H and O–H groups in total. The second-order valence-corrected chi connectivity index (χ2v) is 5.77. The number of nitrogens with one attached hydrogen (secondary N) is 2. The molecule has 0 bridgehead atoms. The number of fused-ring (bicyclic) bond motifs is 1. The molecule has 0 saturated heterocycles. The summed E-state index contributed by atoms with van der Waals surface area (Å²) in [4.78, 5) is 4.26. The number of halogens is 1. The number of hydrogen-bond donors (Lipinski definition) is 2. The first-order chi connectivity index (χ1) is 12.3. The smallest absolute Gasteiger partial charge is 0.190 e. The van der Waals surface area contributed by atoms with Crippen LogP contribution in [0.3, 0.4) is 0 Å². The molecule has 0 aliphatic carbocycles. The Hall–Kier alpha value is -1.38. The molecule has 0 aromatic heterocycles. The van der Waals surface area contributed by atoms with Gasteiger partial charge in [0.05, 0.1) is 13.2 Å². The van der Waals surface area contributed by atoms with Crippen LogP contribution in [0.1, 0.15) is 12.0 Å². The van der Waals surface area contributed by atoms with Crippen LogP contribution in [0.15, 0.2) is 47.5 Å². The summed E-state index contributed by atoms with van der Waals surface area (Å²) in [6.07, 6.45) is 1.90. The summed E-state index contributed by atoms with van der Waals surface area (Å²) in [6, 6.07) is 15.0. The van der Waals surface area contributed by atoms with Crippen LogP contribution in [0.4, 0.5) is 0 Å². The summed E-state index contributed by atoms with van der Waals surface area (Å²) in [5, 5.41) is 9.29. The van der Waals surface area contributed by atoms with Crippen molar-refractivity contribution in [2.75, 3.05) is 47.1 Å². The average molecular weight is 471 g/mol. The third kappa shape index (κ3) is 7.88. The average Bonchev–Trinajstić information content (AvgIpc) is 2.66. The van der Waals surface area contributed by atoms with Crippen LogP contribution < -0.4 is 10.6 Å². The van der Waals surface area contributed by atoms with E-state index in [1.54, 1.807) is 14.2 Å². The number of rotatable bonds is 10. The van der Waals surface area contributed by atoms with Crippen LogP contribution in [0.5, 0.6) is 0 Å². The van der Waals surface area contributed by atoms with Crippen molar-refractivity contribution in [2.45, 2.75) is 12.8 Å². The van der Waals surface area contributed by atoms with Crippen LogP contribution >= 0.6 is 24.0 Å². The Kier molecular flexibility index (Phi) is 12.0. The molecule has 0 aliphatic heterocycles. The fourth-order valence-electron chi connectivity index (χ4n) is 2.67. The Morgan fingerprint density at radius 3 is 2.54 bits per heavy atom. The van der Waals surface area contributed by atoms with Gasteiger partial charge in [-0.25, -0.2) is 0 Å². The molecule has 0 atom stereocenters. The van der Waals surface area contributed by atoms with Crippen LogP contribution in [0.25, 0.3) is 10.8 Å². The largest absolute Gasteiger partial charge is 0.382 e. The number of nitrogens with zero attached hydrogens (tertiary/aromatic N) is 1. The summed E-state index contributed by atoms with van der Waals surface area (Å²) >= 11 is 0. The second-order valence-electron chi connectivity index (χ2n) is 5.77. The van der Waals surface area contributed by atoms with E-state index in [4.69, 9.17) is 9.47 Å². The number of aliphatic imine (C=N–C) groups is 1. The molecule has 5 nitrogen and oxygen atoms in total. The van der Waals surface area contributed by atoms with Crippen molar-refractivity contribution in [3.63, 3.8) is 0 Å². The van der Waals surface area contributed by atoms with Crippen molar-refractivity contribution in [3.05, 3.63) is 48.0 Å². The van der Waals surface area contributed by atoms with Crippen LogP contribution in [-0.4, -0.2) is 53.0 Å². The van der Waals surface area contributed by atoms with Crippen molar-refractivity contribution in [2.24, 2.45) is 4.99 Å². The van der Waals surface area contributed by atoms with Crippen molar-refractivity contribution in [1.29, 1.82) is 0 Å². The lowest BCUT2D eigenvalue weighted by molar-refractivity contribution is 0.0698. The fraction of sp³-hybridized carbons (Fsp3) is 0.450. The van der Waals surface area contributed by atoms with E-state index in [1.165, 1.54) is 16.3 Å². The number of ether oxygens (including phenoxy) is 2. The second kappa shape index (κ2) is 13.8. The normalized spacial score (nSPS) is 11.2. The maximum absolute atomic E-state index is 5.44. The number of methoxy groups -OCH3 is 1. The predicted molar refractivity (Wildman–Crippen MR) is 120 cm³/mol. The molecular formula is C20H30IN3O2. The Labute approximate surface area is 173 Å². The number of guanidine groups is 1. The molecule has 0 saturated carbocycles. The first-order valence-electron chi connectivity index (χ1n) is 8.83. The quantitative estimate of drug-likeness (QED) is 0.242. The maximum atomic E-state index is 5.44. The minimum atomic E-state index is 0. The Morgan fingerprint density at radius 1 is 0.962 bits per heavy atom. The zero-order valence-corrected chi connectivity index (χ0v) is 18.0. The van der Waals surface area contributed by atoms with Gasteiger partial charge >= 0.3 is 0 Å². The zero-order valence-electron chi connectivity index (χ0n) is 15.7. The van der Waals surface area contributed by atoms with Gasteiger partial charge in [0.2, 0.25) is 0 Å². The SMILES string of the molecule is CN=C(NCCCOCCOC)NCCc1cccc2ccccc12.I. The summed E-state index contributed by atoms with van der Waals surface area (Å²) in [5.74, 6) is 0.831. The molecule has 0 unspecified atom stereocenters. The Bertz CT molecular complexity index is 659. The highest BCUT2D eigenvalue weighted by Gasteiger charge is 2.01. The summed E-state index contributed by atoms with van der Waals surface area (Å²) in [7, 11) is 3.47. The minimum absolute atomic E-state index is 0. The highest BCUT2D eigenvalue weighted by atomic mass is 127. The van der Waals surface area contributed by atoms with Crippen LogP contribution in [0, 0.1) is 0 Å². The van der Waals surface area contributed by atoms with E-state index in [-0.39, 0.29) is 24.0 Å². The van der Waals surface area contributed by atoms with Gasteiger partial charge < -0.3 is 20.1 Å². The van der Waals surface area contributed by atoms with Gasteiger partial charge in [-0.15, -0.1) is 24.0 Å². The van der Waals surface area contributed by atoms with Gasteiger partial charge in [0.15, 0.2) is 5.96 Å². The molecule has 0 aliphatic rings. The minimum Gasteiger partial charge on any atom is -0.382 e. The topological polar surface area (TPSA) is 54.9 Å².